The predicted octanol–water partition coefficient (Wildman–Crippen LogP) is 3.07. The van der Waals surface area contributed by atoms with Crippen molar-refractivity contribution in [3.63, 3.8) is 0 Å². The van der Waals surface area contributed by atoms with Crippen LogP contribution < -0.4 is 11.0 Å². The number of ether oxygens (including phenoxy) is 1. The lowest BCUT2D eigenvalue weighted by atomic mass is 10.1. The lowest BCUT2D eigenvalue weighted by Gasteiger charge is -2.11. The molecule has 0 saturated heterocycles. The first-order valence-corrected chi connectivity index (χ1v) is 9.35. The number of fused-ring (bicyclic) bond motifs is 1. The molecule has 3 rings (SSSR count). The van der Waals surface area contributed by atoms with Crippen molar-refractivity contribution < 1.29 is 9.53 Å². The Morgan fingerprint density at radius 3 is 2.43 bits per heavy atom. The Balaban J connectivity index is 2.03. The van der Waals surface area contributed by atoms with E-state index in [1.54, 1.807) is 19.9 Å². The number of nitrogens with one attached hydrogen (secondary N) is 1. The largest absolute Gasteiger partial charge is 0.464 e. The summed E-state index contributed by atoms with van der Waals surface area (Å²) in [6, 6.07) is 7.14. The number of hydrogen-bond acceptors (Lipinski definition) is 6. The van der Waals surface area contributed by atoms with Gasteiger partial charge in [0.05, 0.1) is 6.61 Å². The minimum atomic E-state index is -0.774. The minimum absolute atomic E-state index is 0.236. The van der Waals surface area contributed by atoms with E-state index in [0.717, 1.165) is 21.5 Å². The molecule has 1 aromatic carbocycles. The fourth-order valence-electron chi connectivity index (χ4n) is 3.29. The van der Waals surface area contributed by atoms with Gasteiger partial charge in [-0.05, 0) is 57.4 Å². The Morgan fingerprint density at radius 2 is 1.82 bits per heavy atom. The second-order valence-electron chi connectivity index (χ2n) is 6.82. The van der Waals surface area contributed by atoms with Crippen molar-refractivity contribution in [3.05, 3.63) is 51.6 Å². The van der Waals surface area contributed by atoms with Gasteiger partial charge in [0, 0.05) is 17.4 Å². The minimum Gasteiger partial charge on any atom is -0.464 e. The van der Waals surface area contributed by atoms with Gasteiger partial charge >= 0.3 is 11.7 Å². The molecule has 0 saturated carbocycles. The number of anilines is 2. The highest BCUT2D eigenvalue weighted by Gasteiger charge is 2.25. The number of hydrogen-bond donors (Lipinski definition) is 1. The quantitative estimate of drug-likeness (QED) is 0.658. The Hall–Kier alpha value is -3.16. The van der Waals surface area contributed by atoms with Gasteiger partial charge < -0.3 is 10.1 Å². The molecule has 0 unspecified atom stereocenters. The second kappa shape index (κ2) is 7.84. The molecule has 28 heavy (non-hydrogen) atoms. The van der Waals surface area contributed by atoms with E-state index in [1.807, 2.05) is 32.9 Å². The van der Waals surface area contributed by atoms with Crippen molar-refractivity contribution in [1.29, 1.82) is 0 Å². The number of benzene rings is 1. The number of carbonyl (C=O) groups is 1. The van der Waals surface area contributed by atoms with Crippen molar-refractivity contribution in [3.8, 4) is 0 Å². The molecule has 0 aliphatic rings. The summed E-state index contributed by atoms with van der Waals surface area (Å²) in [5, 5.41) is 7.57. The summed E-state index contributed by atoms with van der Waals surface area (Å²) in [6.07, 6.45) is 0.398. The Morgan fingerprint density at radius 1 is 1.14 bits per heavy atom. The zero-order valence-electron chi connectivity index (χ0n) is 16.8. The molecule has 1 N–H and O–H groups in total. The van der Waals surface area contributed by atoms with Crippen LogP contribution in [0.5, 0.6) is 0 Å². The third-order valence-corrected chi connectivity index (χ3v) is 4.44. The average Bonchev–Trinajstić information content (AvgIpc) is 2.92. The molecule has 0 bridgehead atoms. The van der Waals surface area contributed by atoms with E-state index in [1.165, 1.54) is 4.40 Å². The first-order valence-electron chi connectivity index (χ1n) is 9.35. The number of aryl methyl sites for hydroxylation is 3. The molecule has 1 atom stereocenters. The summed E-state index contributed by atoms with van der Waals surface area (Å²) in [5.41, 5.74) is 3.46. The van der Waals surface area contributed by atoms with E-state index >= 15 is 0 Å². The van der Waals surface area contributed by atoms with Crippen LogP contribution in [0.3, 0.4) is 0 Å². The molecule has 148 valence electrons. The van der Waals surface area contributed by atoms with E-state index in [9.17, 15) is 9.59 Å². The lowest BCUT2D eigenvalue weighted by Crippen LogP contribution is -2.31. The van der Waals surface area contributed by atoms with Gasteiger partial charge in [0.2, 0.25) is 0 Å². The molecule has 0 aliphatic carbocycles. The van der Waals surface area contributed by atoms with Gasteiger partial charge in [-0.2, -0.15) is 9.67 Å². The molecule has 0 amide bonds. The van der Waals surface area contributed by atoms with Gasteiger partial charge in [0.1, 0.15) is 5.82 Å². The van der Waals surface area contributed by atoms with Crippen LogP contribution in [0, 0.1) is 20.8 Å². The van der Waals surface area contributed by atoms with E-state index in [2.05, 4.69) is 21.5 Å². The molecule has 8 heteroatoms. The van der Waals surface area contributed by atoms with Crippen molar-refractivity contribution in [2.75, 3.05) is 11.9 Å². The Kier molecular flexibility index (Phi) is 5.48. The van der Waals surface area contributed by atoms with Crippen LogP contribution in [0.4, 0.5) is 11.5 Å². The van der Waals surface area contributed by atoms with Crippen molar-refractivity contribution in [1.82, 2.24) is 19.2 Å². The summed E-state index contributed by atoms with van der Waals surface area (Å²) in [6.45, 7) is 9.65. The fourth-order valence-corrected chi connectivity index (χ4v) is 3.29. The molecule has 2 aromatic heterocycles. The van der Waals surface area contributed by atoms with Crippen molar-refractivity contribution in [2.24, 2.45) is 0 Å². The zero-order chi connectivity index (χ0) is 20.4. The van der Waals surface area contributed by atoms with Crippen molar-refractivity contribution in [2.45, 2.75) is 47.1 Å². The molecule has 0 aliphatic heterocycles. The first-order chi connectivity index (χ1) is 13.3. The van der Waals surface area contributed by atoms with Gasteiger partial charge in [0.15, 0.2) is 6.04 Å². The molecule has 3 aromatic rings. The molecular formula is C20H25N5O3. The average molecular weight is 383 g/mol. The standard InChI is InChI=1S/C20H25N5O3/c1-6-16(18(26)28-7-2)25-20(27)24-14(5)11-17(22-19(24)23-25)21-15-9-12(3)8-13(4)10-15/h8-11,16H,6-7H2,1-5H3,(H,21,22,23)/t16-/m0/s1. The molecule has 0 spiro atoms. The highest BCUT2D eigenvalue weighted by Crippen LogP contribution is 2.20. The summed E-state index contributed by atoms with van der Waals surface area (Å²) in [7, 11) is 0. The normalized spacial score (nSPS) is 12.2. The topological polar surface area (TPSA) is 90.5 Å². The summed E-state index contributed by atoms with van der Waals surface area (Å²) < 4.78 is 7.63. The van der Waals surface area contributed by atoms with E-state index in [0.29, 0.717) is 17.9 Å². The monoisotopic (exact) mass is 383 g/mol. The highest BCUT2D eigenvalue weighted by molar-refractivity contribution is 5.74. The summed E-state index contributed by atoms with van der Waals surface area (Å²) in [4.78, 5) is 29.5. The Labute approximate surface area is 163 Å². The van der Waals surface area contributed by atoms with E-state index < -0.39 is 17.7 Å². The maximum Gasteiger partial charge on any atom is 0.352 e. The smallest absolute Gasteiger partial charge is 0.352 e. The number of esters is 1. The number of carbonyl (C=O) groups excluding carboxylic acids is 1. The molecule has 0 radical (unpaired) electrons. The predicted molar refractivity (Wildman–Crippen MR) is 107 cm³/mol. The number of rotatable bonds is 6. The number of aromatic nitrogens is 4. The van der Waals surface area contributed by atoms with Gasteiger partial charge in [-0.25, -0.2) is 14.0 Å². The number of nitrogens with zero attached hydrogens (tertiary/aromatic N) is 4. The summed E-state index contributed by atoms with van der Waals surface area (Å²) in [5.74, 6) is 0.345. The maximum absolute atomic E-state index is 12.8. The molecule has 0 fully saturated rings. The van der Waals surface area contributed by atoms with Crippen LogP contribution in [0.25, 0.3) is 5.78 Å². The maximum atomic E-state index is 12.8. The van der Waals surface area contributed by atoms with Crippen molar-refractivity contribution >= 4 is 23.3 Å². The van der Waals surface area contributed by atoms with Crippen LogP contribution in [0.2, 0.25) is 0 Å². The lowest BCUT2D eigenvalue weighted by molar-refractivity contribution is -0.147. The van der Waals surface area contributed by atoms with Gasteiger partial charge in [0.25, 0.3) is 5.78 Å². The first kappa shape index (κ1) is 19.6. The second-order valence-corrected chi connectivity index (χ2v) is 6.82. The zero-order valence-corrected chi connectivity index (χ0v) is 16.8. The SMILES string of the molecule is CCOC(=O)[C@H](CC)n1nc2nc(Nc3cc(C)cc(C)c3)cc(C)n2c1=O. The molecular weight excluding hydrogens is 358 g/mol. The van der Waals surface area contributed by atoms with Gasteiger partial charge in [-0.3, -0.25) is 0 Å². The van der Waals surface area contributed by atoms with Crippen LogP contribution in [-0.2, 0) is 9.53 Å². The fraction of sp³-hybridized carbons (Fsp3) is 0.400. The van der Waals surface area contributed by atoms with Gasteiger partial charge in [-0.15, -0.1) is 5.10 Å². The van der Waals surface area contributed by atoms with E-state index in [4.69, 9.17) is 4.74 Å². The molecule has 2 heterocycles. The summed E-state index contributed by atoms with van der Waals surface area (Å²) >= 11 is 0. The van der Waals surface area contributed by atoms with Crippen LogP contribution in [0.15, 0.2) is 29.1 Å². The van der Waals surface area contributed by atoms with Crippen LogP contribution in [-0.4, -0.2) is 31.7 Å². The highest BCUT2D eigenvalue weighted by atomic mass is 16.5. The van der Waals surface area contributed by atoms with E-state index in [-0.39, 0.29) is 12.4 Å². The third kappa shape index (κ3) is 3.76. The molecule has 8 nitrogen and oxygen atoms in total. The van der Waals surface area contributed by atoms with Crippen LogP contribution in [0.1, 0.15) is 43.1 Å². The third-order valence-electron chi connectivity index (χ3n) is 4.44. The Bertz CT molecular complexity index is 1060. The van der Waals surface area contributed by atoms with Crippen LogP contribution >= 0.6 is 0 Å². The van der Waals surface area contributed by atoms with Gasteiger partial charge in [-0.1, -0.05) is 13.0 Å².